The molecular weight excluding hydrogens is 342 g/mol. The SMILES string of the molecule is O=c1cc2c(nn1CCN1CCN(Cc3nnc4n3CCC4)CC1)CCC2. The predicted octanol–water partition coefficient (Wildman–Crippen LogP) is 0.0875. The molecule has 0 unspecified atom stereocenters. The van der Waals surface area contributed by atoms with Crippen LogP contribution in [0.2, 0.25) is 0 Å². The van der Waals surface area contributed by atoms with E-state index in [0.717, 1.165) is 94.4 Å². The van der Waals surface area contributed by atoms with Crippen LogP contribution in [0.1, 0.15) is 35.7 Å². The minimum absolute atomic E-state index is 0.0509. The van der Waals surface area contributed by atoms with Crippen LogP contribution in [0, 0.1) is 0 Å². The number of aryl methyl sites for hydroxylation is 3. The number of nitrogens with zero attached hydrogens (tertiary/aromatic N) is 7. The molecule has 0 N–H and O–H groups in total. The zero-order chi connectivity index (χ0) is 18.2. The van der Waals surface area contributed by atoms with E-state index in [0.29, 0.717) is 6.54 Å². The smallest absolute Gasteiger partial charge is 0.267 e. The van der Waals surface area contributed by atoms with Crippen molar-refractivity contribution >= 4 is 0 Å². The summed E-state index contributed by atoms with van der Waals surface area (Å²) in [6, 6.07) is 1.80. The molecule has 8 heteroatoms. The van der Waals surface area contributed by atoms with Crippen LogP contribution in [0.4, 0.5) is 0 Å². The molecule has 0 aromatic carbocycles. The summed E-state index contributed by atoms with van der Waals surface area (Å²) >= 11 is 0. The minimum Gasteiger partial charge on any atom is -0.314 e. The van der Waals surface area contributed by atoms with Crippen molar-refractivity contribution in [2.75, 3.05) is 32.7 Å². The van der Waals surface area contributed by atoms with E-state index < -0.39 is 0 Å². The van der Waals surface area contributed by atoms with Crippen molar-refractivity contribution in [1.29, 1.82) is 0 Å². The van der Waals surface area contributed by atoms with E-state index in [1.807, 2.05) is 0 Å². The first kappa shape index (κ1) is 17.1. The molecule has 0 bridgehead atoms. The molecule has 5 rings (SSSR count). The summed E-state index contributed by atoms with van der Waals surface area (Å²) in [7, 11) is 0. The van der Waals surface area contributed by atoms with Gasteiger partial charge in [-0.15, -0.1) is 10.2 Å². The second-order valence-corrected chi connectivity index (χ2v) is 7.94. The van der Waals surface area contributed by atoms with Crippen LogP contribution in [-0.2, 0) is 38.9 Å². The summed E-state index contributed by atoms with van der Waals surface area (Å²) in [5.41, 5.74) is 2.33. The maximum absolute atomic E-state index is 12.2. The van der Waals surface area contributed by atoms with Gasteiger partial charge in [0, 0.05) is 51.8 Å². The molecule has 144 valence electrons. The Labute approximate surface area is 158 Å². The fourth-order valence-electron chi connectivity index (χ4n) is 4.53. The molecule has 1 fully saturated rings. The van der Waals surface area contributed by atoms with Crippen molar-refractivity contribution < 1.29 is 0 Å². The Hall–Kier alpha value is -2.06. The van der Waals surface area contributed by atoms with Crippen LogP contribution in [0.25, 0.3) is 0 Å². The second kappa shape index (κ2) is 7.16. The zero-order valence-electron chi connectivity index (χ0n) is 15.8. The van der Waals surface area contributed by atoms with Crippen molar-refractivity contribution in [2.24, 2.45) is 0 Å². The monoisotopic (exact) mass is 369 g/mol. The summed E-state index contributed by atoms with van der Waals surface area (Å²) in [5, 5.41) is 13.3. The molecule has 2 aromatic heterocycles. The highest BCUT2D eigenvalue weighted by Gasteiger charge is 2.22. The Morgan fingerprint density at radius 2 is 1.74 bits per heavy atom. The maximum Gasteiger partial charge on any atom is 0.267 e. The maximum atomic E-state index is 12.2. The van der Waals surface area contributed by atoms with E-state index in [1.54, 1.807) is 10.7 Å². The number of hydrogen-bond donors (Lipinski definition) is 0. The Bertz CT molecular complexity index is 879. The Kier molecular flexibility index (Phi) is 4.53. The fraction of sp³-hybridized carbons (Fsp3) is 0.684. The third-order valence-electron chi connectivity index (χ3n) is 6.17. The van der Waals surface area contributed by atoms with E-state index >= 15 is 0 Å². The molecular formula is C19H27N7O. The molecule has 0 atom stereocenters. The second-order valence-electron chi connectivity index (χ2n) is 7.94. The van der Waals surface area contributed by atoms with Gasteiger partial charge in [-0.25, -0.2) is 4.68 Å². The molecule has 0 amide bonds. The lowest BCUT2D eigenvalue weighted by Crippen LogP contribution is -2.47. The van der Waals surface area contributed by atoms with Gasteiger partial charge in [0.05, 0.1) is 18.8 Å². The molecule has 0 radical (unpaired) electrons. The van der Waals surface area contributed by atoms with Crippen molar-refractivity contribution in [3.63, 3.8) is 0 Å². The van der Waals surface area contributed by atoms with E-state index in [1.165, 1.54) is 6.42 Å². The van der Waals surface area contributed by atoms with Crippen LogP contribution < -0.4 is 5.56 Å². The summed E-state index contributed by atoms with van der Waals surface area (Å²) in [6.07, 6.45) is 5.41. The molecule has 1 saturated heterocycles. The molecule has 3 aliphatic rings. The van der Waals surface area contributed by atoms with Gasteiger partial charge in [-0.1, -0.05) is 0 Å². The number of piperazine rings is 1. The van der Waals surface area contributed by atoms with Crippen LogP contribution >= 0.6 is 0 Å². The average molecular weight is 369 g/mol. The summed E-state index contributed by atoms with van der Waals surface area (Å²) in [5.74, 6) is 2.26. The lowest BCUT2D eigenvalue weighted by atomic mass is 10.2. The topological polar surface area (TPSA) is 72.1 Å². The highest BCUT2D eigenvalue weighted by atomic mass is 16.1. The van der Waals surface area contributed by atoms with E-state index in [9.17, 15) is 4.79 Å². The first-order valence-electron chi connectivity index (χ1n) is 10.2. The van der Waals surface area contributed by atoms with Crippen molar-refractivity contribution in [3.8, 4) is 0 Å². The van der Waals surface area contributed by atoms with Crippen molar-refractivity contribution in [1.82, 2.24) is 34.3 Å². The van der Waals surface area contributed by atoms with Gasteiger partial charge >= 0.3 is 0 Å². The third kappa shape index (κ3) is 3.43. The van der Waals surface area contributed by atoms with Gasteiger partial charge < -0.3 is 4.57 Å². The minimum atomic E-state index is 0.0509. The first-order chi connectivity index (χ1) is 13.3. The van der Waals surface area contributed by atoms with E-state index in [-0.39, 0.29) is 5.56 Å². The summed E-state index contributed by atoms with van der Waals surface area (Å²) in [6.45, 7) is 7.67. The van der Waals surface area contributed by atoms with Crippen molar-refractivity contribution in [3.05, 3.63) is 39.3 Å². The Morgan fingerprint density at radius 3 is 2.63 bits per heavy atom. The van der Waals surface area contributed by atoms with Gasteiger partial charge in [0.1, 0.15) is 11.6 Å². The van der Waals surface area contributed by atoms with Crippen LogP contribution in [0.15, 0.2) is 10.9 Å². The fourth-order valence-corrected chi connectivity index (χ4v) is 4.53. The van der Waals surface area contributed by atoms with Crippen molar-refractivity contribution in [2.45, 2.75) is 51.7 Å². The molecule has 4 heterocycles. The third-order valence-corrected chi connectivity index (χ3v) is 6.17. The number of aromatic nitrogens is 5. The first-order valence-corrected chi connectivity index (χ1v) is 10.2. The Morgan fingerprint density at radius 1 is 0.889 bits per heavy atom. The predicted molar refractivity (Wildman–Crippen MR) is 101 cm³/mol. The van der Waals surface area contributed by atoms with Crippen LogP contribution in [0.5, 0.6) is 0 Å². The van der Waals surface area contributed by atoms with E-state index in [2.05, 4.69) is 29.7 Å². The van der Waals surface area contributed by atoms with Crippen LogP contribution in [0.3, 0.4) is 0 Å². The normalized spacial score (nSPS) is 20.1. The van der Waals surface area contributed by atoms with Gasteiger partial charge in [-0.05, 0) is 31.2 Å². The van der Waals surface area contributed by atoms with Gasteiger partial charge in [-0.3, -0.25) is 14.6 Å². The molecule has 0 saturated carbocycles. The number of hydrogen-bond acceptors (Lipinski definition) is 6. The molecule has 8 nitrogen and oxygen atoms in total. The van der Waals surface area contributed by atoms with Gasteiger partial charge in [0.25, 0.3) is 5.56 Å². The zero-order valence-corrected chi connectivity index (χ0v) is 15.8. The number of fused-ring (bicyclic) bond motifs is 2. The van der Waals surface area contributed by atoms with Gasteiger partial charge in [0.15, 0.2) is 0 Å². The largest absolute Gasteiger partial charge is 0.314 e. The number of rotatable bonds is 5. The quantitative estimate of drug-likeness (QED) is 0.744. The van der Waals surface area contributed by atoms with Gasteiger partial charge in [0.2, 0.25) is 0 Å². The standard InChI is InChI=1S/C19H27N7O/c27-19-13-15-3-1-4-16(15)22-26(19)12-11-23-7-9-24(10-8-23)14-18-21-20-17-5-2-6-25(17)18/h13H,1-12,14H2. The molecule has 2 aromatic rings. The summed E-state index contributed by atoms with van der Waals surface area (Å²) < 4.78 is 3.95. The molecule has 2 aliphatic heterocycles. The highest BCUT2D eigenvalue weighted by Crippen LogP contribution is 2.17. The molecule has 1 aliphatic carbocycles. The molecule has 27 heavy (non-hydrogen) atoms. The van der Waals surface area contributed by atoms with Gasteiger partial charge in [-0.2, -0.15) is 5.10 Å². The van der Waals surface area contributed by atoms with Crippen LogP contribution in [-0.4, -0.2) is 67.1 Å². The average Bonchev–Trinajstić information content (AvgIpc) is 3.39. The Balaban J connectivity index is 1.13. The molecule has 0 spiro atoms. The lowest BCUT2D eigenvalue weighted by Gasteiger charge is -2.34. The lowest BCUT2D eigenvalue weighted by molar-refractivity contribution is 0.119. The summed E-state index contributed by atoms with van der Waals surface area (Å²) in [4.78, 5) is 17.1. The highest BCUT2D eigenvalue weighted by molar-refractivity contribution is 5.22. The van der Waals surface area contributed by atoms with E-state index in [4.69, 9.17) is 0 Å².